The van der Waals surface area contributed by atoms with Crippen LogP contribution in [0.5, 0.6) is 0 Å². The van der Waals surface area contributed by atoms with Crippen LogP contribution in [0.4, 0.5) is 8.78 Å². The molecule has 4 aromatic rings. The zero-order valence-electron chi connectivity index (χ0n) is 15.7. The zero-order valence-corrected chi connectivity index (χ0v) is 19.0. The van der Waals surface area contributed by atoms with Gasteiger partial charge in [0.15, 0.2) is 0 Å². The third-order valence-electron chi connectivity index (χ3n) is 4.88. The first-order valence-electron chi connectivity index (χ1n) is 9.09. The van der Waals surface area contributed by atoms with E-state index in [1.54, 1.807) is 0 Å². The largest absolute Gasteiger partial charge is 0.400 e. The summed E-state index contributed by atoms with van der Waals surface area (Å²) in [6.45, 7) is 0.380. The molecule has 0 spiro atoms. The first-order chi connectivity index (χ1) is 14.6. The van der Waals surface area contributed by atoms with Gasteiger partial charge < -0.3 is 20.1 Å². The summed E-state index contributed by atoms with van der Waals surface area (Å²) in [7, 11) is -5.69. The number of aromatic nitrogens is 1. The molecule has 0 saturated heterocycles. The fraction of sp³-hybridized carbons (Fsp3) is 0.150. The number of amides is 1. The van der Waals surface area contributed by atoms with Crippen LogP contribution in [0.25, 0.3) is 21.0 Å². The van der Waals surface area contributed by atoms with Gasteiger partial charge in [-0.2, -0.15) is 8.78 Å². The Bertz CT molecular complexity index is 1350. The third-order valence-corrected chi connectivity index (χ3v) is 8.32. The summed E-state index contributed by atoms with van der Waals surface area (Å²) in [6.07, 6.45) is 2.51. The van der Waals surface area contributed by atoms with E-state index in [2.05, 4.69) is 26.2 Å². The van der Waals surface area contributed by atoms with Crippen LogP contribution in [0.1, 0.15) is 20.8 Å². The number of alkyl halides is 2. The number of para-hydroxylation sites is 1. The molecule has 31 heavy (non-hydrogen) atoms. The molecule has 0 aliphatic carbocycles. The standard InChI is InChI=1S/C20H16BrF2N2O4PS/c21-17-14-9-11(5-6-16(14)31-18(17)20(22,23)30(27,28)29)19(26)24-8-7-12-10-25-15-4-2-1-3-13(12)15/h1-6,9-10,25H,7-8H2,(H,24,26)(H2,27,28,29). The number of aromatic amines is 1. The van der Waals surface area contributed by atoms with Crippen LogP contribution in [-0.4, -0.2) is 27.2 Å². The van der Waals surface area contributed by atoms with E-state index < -0.39 is 18.1 Å². The second-order valence-corrected chi connectivity index (χ2v) is 10.4. The highest BCUT2D eigenvalue weighted by atomic mass is 79.9. The smallest absolute Gasteiger partial charge is 0.361 e. The number of H-pyrrole nitrogens is 1. The van der Waals surface area contributed by atoms with Gasteiger partial charge in [-0.25, -0.2) is 0 Å². The topological polar surface area (TPSA) is 102 Å². The normalized spacial score (nSPS) is 12.5. The highest BCUT2D eigenvalue weighted by molar-refractivity contribution is 9.10. The van der Waals surface area contributed by atoms with E-state index in [4.69, 9.17) is 9.79 Å². The number of hydrogen-bond donors (Lipinski definition) is 4. The molecule has 0 aliphatic heterocycles. The van der Waals surface area contributed by atoms with Crippen molar-refractivity contribution in [1.82, 2.24) is 10.3 Å². The minimum Gasteiger partial charge on any atom is -0.361 e. The quantitative estimate of drug-likeness (QED) is 0.253. The Morgan fingerprint density at radius 3 is 2.68 bits per heavy atom. The molecule has 162 valence electrons. The van der Waals surface area contributed by atoms with Crippen molar-refractivity contribution in [3.8, 4) is 0 Å². The van der Waals surface area contributed by atoms with Crippen LogP contribution in [0, 0.1) is 0 Å². The van der Waals surface area contributed by atoms with Crippen molar-refractivity contribution in [1.29, 1.82) is 0 Å². The maximum absolute atomic E-state index is 14.2. The molecule has 6 nitrogen and oxygen atoms in total. The predicted molar refractivity (Wildman–Crippen MR) is 120 cm³/mol. The van der Waals surface area contributed by atoms with E-state index >= 15 is 0 Å². The number of thiophene rings is 1. The van der Waals surface area contributed by atoms with Crippen molar-refractivity contribution in [2.75, 3.05) is 6.54 Å². The number of benzene rings is 2. The molecule has 2 aromatic carbocycles. The fourth-order valence-electron chi connectivity index (χ4n) is 3.29. The summed E-state index contributed by atoms with van der Waals surface area (Å²) >= 11 is 3.59. The Balaban J connectivity index is 1.52. The lowest BCUT2D eigenvalue weighted by molar-refractivity contribution is 0.0595. The molecule has 2 aromatic heterocycles. The number of carbonyl (C=O) groups excluding carboxylic acids is 1. The van der Waals surface area contributed by atoms with E-state index in [1.807, 2.05) is 30.5 Å². The second-order valence-electron chi connectivity index (χ2n) is 6.91. The Morgan fingerprint density at radius 2 is 1.94 bits per heavy atom. The number of rotatable bonds is 6. The SMILES string of the molecule is O=C(NCCc1c[nH]c2ccccc12)c1ccc2sc(C(F)(F)P(=O)(O)O)c(Br)c2c1. The highest BCUT2D eigenvalue weighted by Crippen LogP contribution is 2.62. The van der Waals surface area contributed by atoms with Crippen molar-refractivity contribution in [3.05, 3.63) is 69.1 Å². The number of carbonyl (C=O) groups is 1. The fourth-order valence-corrected chi connectivity index (χ4v) is 6.21. The number of halogens is 3. The highest BCUT2D eigenvalue weighted by Gasteiger charge is 2.53. The number of hydrogen-bond acceptors (Lipinski definition) is 3. The van der Waals surface area contributed by atoms with Gasteiger partial charge in [-0.05, 0) is 52.2 Å². The zero-order chi connectivity index (χ0) is 22.4. The molecule has 0 radical (unpaired) electrons. The lowest BCUT2D eigenvalue weighted by atomic mass is 10.1. The van der Waals surface area contributed by atoms with Crippen molar-refractivity contribution in [3.63, 3.8) is 0 Å². The monoisotopic (exact) mass is 528 g/mol. The van der Waals surface area contributed by atoms with Gasteiger partial charge in [-0.1, -0.05) is 18.2 Å². The van der Waals surface area contributed by atoms with E-state index in [-0.39, 0.29) is 21.3 Å². The molecule has 0 bridgehead atoms. The summed E-state index contributed by atoms with van der Waals surface area (Å²) in [5.74, 6) is -0.372. The van der Waals surface area contributed by atoms with Crippen LogP contribution in [0.15, 0.2) is 53.1 Å². The molecular formula is C20H16BrF2N2O4PS. The molecule has 0 atom stereocenters. The van der Waals surface area contributed by atoms with Crippen LogP contribution in [-0.2, 0) is 16.6 Å². The van der Waals surface area contributed by atoms with Gasteiger partial charge >= 0.3 is 13.3 Å². The van der Waals surface area contributed by atoms with E-state index in [0.717, 1.165) is 16.5 Å². The van der Waals surface area contributed by atoms with E-state index in [9.17, 15) is 18.1 Å². The first kappa shape index (κ1) is 22.1. The summed E-state index contributed by atoms with van der Waals surface area (Å²) in [5, 5.41) is 4.18. The molecule has 0 unspecified atom stereocenters. The average molecular weight is 529 g/mol. The first-order valence-corrected chi connectivity index (χ1v) is 12.3. The lowest BCUT2D eigenvalue weighted by Gasteiger charge is -2.16. The summed E-state index contributed by atoms with van der Waals surface area (Å²) < 4.78 is 39.8. The van der Waals surface area contributed by atoms with Gasteiger partial charge in [0.25, 0.3) is 5.91 Å². The minimum absolute atomic E-state index is 0.130. The van der Waals surface area contributed by atoms with Gasteiger partial charge in [0.2, 0.25) is 0 Å². The van der Waals surface area contributed by atoms with E-state index in [0.29, 0.717) is 29.0 Å². The lowest BCUT2D eigenvalue weighted by Crippen LogP contribution is -2.25. The van der Waals surface area contributed by atoms with Crippen molar-refractivity contribution < 1.29 is 27.9 Å². The Labute approximate surface area is 187 Å². The van der Waals surface area contributed by atoms with Crippen LogP contribution < -0.4 is 5.32 Å². The molecule has 2 heterocycles. The Morgan fingerprint density at radius 1 is 1.19 bits per heavy atom. The predicted octanol–water partition coefficient (Wildman–Crippen LogP) is 5.34. The van der Waals surface area contributed by atoms with Crippen molar-refractivity contribution in [2.24, 2.45) is 0 Å². The van der Waals surface area contributed by atoms with Crippen LogP contribution >= 0.6 is 34.9 Å². The molecule has 4 rings (SSSR count). The average Bonchev–Trinajstić information content (AvgIpc) is 3.28. The maximum Gasteiger partial charge on any atom is 0.400 e. The van der Waals surface area contributed by atoms with E-state index in [1.165, 1.54) is 18.2 Å². The second kappa shape index (κ2) is 8.11. The Kier molecular flexibility index (Phi) is 5.78. The van der Waals surface area contributed by atoms with Crippen LogP contribution in [0.3, 0.4) is 0 Å². The molecule has 0 saturated carbocycles. The molecule has 4 N–H and O–H groups in total. The van der Waals surface area contributed by atoms with Gasteiger partial charge in [-0.3, -0.25) is 9.36 Å². The van der Waals surface area contributed by atoms with Crippen molar-refractivity contribution >= 4 is 61.8 Å². The maximum atomic E-state index is 14.2. The molecule has 0 aliphatic rings. The molecular weight excluding hydrogens is 513 g/mol. The minimum atomic E-state index is -5.69. The van der Waals surface area contributed by atoms with Crippen LogP contribution in [0.2, 0.25) is 0 Å². The summed E-state index contributed by atoms with van der Waals surface area (Å²) in [4.78, 5) is 33.0. The molecule has 1 amide bonds. The van der Waals surface area contributed by atoms with Crippen molar-refractivity contribution in [2.45, 2.75) is 12.1 Å². The number of fused-ring (bicyclic) bond motifs is 2. The molecule has 0 fully saturated rings. The Hall–Kier alpha value is -2.10. The summed E-state index contributed by atoms with van der Waals surface area (Å²) in [6, 6.07) is 12.2. The summed E-state index contributed by atoms with van der Waals surface area (Å²) in [5.41, 5.74) is -1.98. The molecule has 11 heteroatoms. The third kappa shape index (κ3) is 4.06. The van der Waals surface area contributed by atoms with Gasteiger partial charge in [0.1, 0.15) is 4.88 Å². The van der Waals surface area contributed by atoms with Gasteiger partial charge in [0, 0.05) is 43.8 Å². The number of nitrogens with one attached hydrogen (secondary N) is 2. The van der Waals surface area contributed by atoms with Gasteiger partial charge in [0.05, 0.1) is 0 Å². The van der Waals surface area contributed by atoms with Gasteiger partial charge in [-0.15, -0.1) is 11.3 Å².